The first-order valence-corrected chi connectivity index (χ1v) is 7.97. The number of urea groups is 1. The van der Waals surface area contributed by atoms with Gasteiger partial charge in [0.15, 0.2) is 0 Å². The van der Waals surface area contributed by atoms with E-state index in [0.29, 0.717) is 5.01 Å². The molecule has 2 amide bonds. The monoisotopic (exact) mass is 358 g/mol. The van der Waals surface area contributed by atoms with Gasteiger partial charge in [-0.15, -0.1) is 10.2 Å². The Bertz CT molecular complexity index is 717. The number of amides is 2. The Morgan fingerprint density at radius 2 is 2.00 bits per heavy atom. The molecule has 1 unspecified atom stereocenters. The zero-order valence-corrected chi connectivity index (χ0v) is 14.2. The van der Waals surface area contributed by atoms with Crippen LogP contribution in [0.4, 0.5) is 18.0 Å². The van der Waals surface area contributed by atoms with Crippen LogP contribution in [0, 0.1) is 6.92 Å². The molecule has 2 aromatic rings. The Morgan fingerprint density at radius 1 is 1.33 bits per heavy atom. The van der Waals surface area contributed by atoms with Crippen molar-refractivity contribution in [2.75, 3.05) is 7.05 Å². The van der Waals surface area contributed by atoms with Gasteiger partial charge in [0.05, 0.1) is 18.2 Å². The summed E-state index contributed by atoms with van der Waals surface area (Å²) in [7, 11) is 1.55. The van der Waals surface area contributed by atoms with Gasteiger partial charge >= 0.3 is 12.2 Å². The highest BCUT2D eigenvalue weighted by molar-refractivity contribution is 7.11. The molecule has 0 aliphatic heterocycles. The second-order valence-electron chi connectivity index (χ2n) is 5.33. The maximum atomic E-state index is 13.1. The van der Waals surface area contributed by atoms with Crippen molar-refractivity contribution in [3.8, 4) is 0 Å². The Kier molecular flexibility index (Phi) is 5.43. The Morgan fingerprint density at radius 3 is 2.58 bits per heavy atom. The second-order valence-corrected chi connectivity index (χ2v) is 6.59. The van der Waals surface area contributed by atoms with Crippen molar-refractivity contribution >= 4 is 17.4 Å². The molecule has 0 saturated heterocycles. The number of halogens is 3. The van der Waals surface area contributed by atoms with Crippen molar-refractivity contribution < 1.29 is 18.0 Å². The number of nitrogens with zero attached hydrogens (tertiary/aromatic N) is 3. The van der Waals surface area contributed by atoms with Crippen molar-refractivity contribution in [2.45, 2.75) is 32.6 Å². The summed E-state index contributed by atoms with van der Waals surface area (Å²) in [4.78, 5) is 13.5. The zero-order valence-electron chi connectivity index (χ0n) is 13.4. The molecule has 1 atom stereocenters. The van der Waals surface area contributed by atoms with Crippen molar-refractivity contribution in [1.29, 1.82) is 0 Å². The third-order valence-corrected chi connectivity index (χ3v) is 4.18. The summed E-state index contributed by atoms with van der Waals surface area (Å²) in [5.41, 5.74) is -0.723. The molecule has 130 valence electrons. The number of nitrogens with one attached hydrogen (secondary N) is 1. The molecule has 0 spiro atoms. The molecule has 24 heavy (non-hydrogen) atoms. The molecular formula is C15H17F3N4OS. The topological polar surface area (TPSA) is 58.1 Å². The summed E-state index contributed by atoms with van der Waals surface area (Å²) < 4.78 is 39.2. The van der Waals surface area contributed by atoms with Crippen molar-refractivity contribution in [2.24, 2.45) is 0 Å². The van der Waals surface area contributed by atoms with Gasteiger partial charge in [0.2, 0.25) is 0 Å². The lowest BCUT2D eigenvalue weighted by molar-refractivity contribution is -0.138. The molecule has 0 aliphatic carbocycles. The van der Waals surface area contributed by atoms with Crippen LogP contribution in [0.25, 0.3) is 0 Å². The van der Waals surface area contributed by atoms with Gasteiger partial charge in [-0.1, -0.05) is 29.5 Å². The van der Waals surface area contributed by atoms with Gasteiger partial charge in [-0.25, -0.2) is 4.79 Å². The van der Waals surface area contributed by atoms with E-state index in [-0.39, 0.29) is 12.1 Å². The third-order valence-electron chi connectivity index (χ3n) is 3.36. The summed E-state index contributed by atoms with van der Waals surface area (Å²) in [6.07, 6.45) is -4.47. The van der Waals surface area contributed by atoms with Crippen molar-refractivity contribution in [3.63, 3.8) is 0 Å². The number of benzene rings is 1. The van der Waals surface area contributed by atoms with E-state index < -0.39 is 23.8 Å². The van der Waals surface area contributed by atoms with Crippen LogP contribution in [0.3, 0.4) is 0 Å². The number of hydrogen-bond donors (Lipinski definition) is 1. The predicted molar refractivity (Wildman–Crippen MR) is 84.5 cm³/mol. The Balaban J connectivity index is 2.06. The standard InChI is InChI=1S/C15H17F3N4OS/c1-9(11-6-4-5-7-12(11)15(16,17)18)19-14(23)22(3)8-13-21-20-10(2)24-13/h4-7,9H,8H2,1-3H3,(H,19,23). The highest BCUT2D eigenvalue weighted by Crippen LogP contribution is 2.34. The number of alkyl halides is 3. The lowest BCUT2D eigenvalue weighted by Crippen LogP contribution is -2.38. The van der Waals surface area contributed by atoms with Crippen molar-refractivity contribution in [1.82, 2.24) is 20.4 Å². The molecule has 1 N–H and O–H groups in total. The normalized spacial score (nSPS) is 12.8. The minimum atomic E-state index is -4.47. The van der Waals surface area contributed by atoms with E-state index in [1.807, 2.05) is 0 Å². The minimum Gasteiger partial charge on any atom is -0.331 e. The molecule has 0 aliphatic rings. The first-order valence-electron chi connectivity index (χ1n) is 7.15. The minimum absolute atomic E-state index is 0.0264. The van der Waals surface area contributed by atoms with Crippen LogP contribution >= 0.6 is 11.3 Å². The lowest BCUT2D eigenvalue weighted by atomic mass is 10.0. The molecule has 1 heterocycles. The van der Waals surface area contributed by atoms with Crippen LogP contribution in [-0.4, -0.2) is 28.2 Å². The van der Waals surface area contributed by atoms with Crippen LogP contribution in [0.2, 0.25) is 0 Å². The maximum absolute atomic E-state index is 13.1. The summed E-state index contributed by atoms with van der Waals surface area (Å²) >= 11 is 1.36. The van der Waals surface area contributed by atoms with E-state index in [1.54, 1.807) is 14.0 Å². The number of carbonyl (C=O) groups excluding carboxylic acids is 1. The molecule has 0 radical (unpaired) electrons. The van der Waals surface area contributed by atoms with Gasteiger partial charge in [0, 0.05) is 7.05 Å². The molecule has 1 aromatic heterocycles. The molecule has 0 fully saturated rings. The fourth-order valence-electron chi connectivity index (χ4n) is 2.18. The van der Waals surface area contributed by atoms with Gasteiger partial charge < -0.3 is 10.2 Å². The molecule has 0 saturated carbocycles. The molecule has 1 aromatic carbocycles. The SMILES string of the molecule is Cc1nnc(CN(C)C(=O)NC(C)c2ccccc2C(F)(F)F)s1. The molecule has 0 bridgehead atoms. The number of aryl methyl sites for hydroxylation is 1. The van der Waals surface area contributed by atoms with Gasteiger partial charge in [-0.05, 0) is 25.5 Å². The Hall–Kier alpha value is -2.16. The zero-order chi connectivity index (χ0) is 17.9. The van der Waals surface area contributed by atoms with Crippen LogP contribution in [-0.2, 0) is 12.7 Å². The van der Waals surface area contributed by atoms with Crippen LogP contribution in [0.15, 0.2) is 24.3 Å². The van der Waals surface area contributed by atoms with Gasteiger partial charge in [0.25, 0.3) is 0 Å². The van der Waals surface area contributed by atoms with E-state index in [9.17, 15) is 18.0 Å². The average molecular weight is 358 g/mol. The first-order chi connectivity index (χ1) is 11.2. The molecule has 2 rings (SSSR count). The van der Waals surface area contributed by atoms with Crippen LogP contribution in [0.1, 0.15) is 34.1 Å². The number of rotatable bonds is 4. The fourth-order valence-corrected chi connectivity index (χ4v) is 2.94. The summed E-state index contributed by atoms with van der Waals surface area (Å²) in [6.45, 7) is 3.56. The highest BCUT2D eigenvalue weighted by Gasteiger charge is 2.34. The van der Waals surface area contributed by atoms with Gasteiger partial charge in [-0.3, -0.25) is 0 Å². The largest absolute Gasteiger partial charge is 0.416 e. The highest BCUT2D eigenvalue weighted by atomic mass is 32.1. The van der Waals surface area contributed by atoms with E-state index in [1.165, 1.54) is 41.4 Å². The molecular weight excluding hydrogens is 341 g/mol. The van der Waals surface area contributed by atoms with Gasteiger partial charge in [0.1, 0.15) is 10.0 Å². The lowest BCUT2D eigenvalue weighted by Gasteiger charge is -2.23. The first kappa shape index (κ1) is 18.2. The summed E-state index contributed by atoms with van der Waals surface area (Å²) in [5.74, 6) is 0. The molecule has 9 heteroatoms. The maximum Gasteiger partial charge on any atom is 0.416 e. The Labute approximate surface area is 141 Å². The van der Waals surface area contributed by atoms with Gasteiger partial charge in [-0.2, -0.15) is 13.2 Å². The number of carbonyl (C=O) groups is 1. The average Bonchev–Trinajstić information content (AvgIpc) is 2.91. The van der Waals surface area contributed by atoms with E-state index >= 15 is 0 Å². The van der Waals surface area contributed by atoms with E-state index in [2.05, 4.69) is 15.5 Å². The van der Waals surface area contributed by atoms with Crippen LogP contribution in [0.5, 0.6) is 0 Å². The van der Waals surface area contributed by atoms with Crippen LogP contribution < -0.4 is 5.32 Å². The van der Waals surface area contributed by atoms with E-state index in [0.717, 1.165) is 11.1 Å². The third kappa shape index (κ3) is 4.44. The predicted octanol–water partition coefficient (Wildman–Crippen LogP) is 3.77. The van der Waals surface area contributed by atoms with Crippen molar-refractivity contribution in [3.05, 3.63) is 45.4 Å². The number of aromatic nitrogens is 2. The summed E-state index contributed by atoms with van der Waals surface area (Å²) in [6, 6.07) is 3.94. The number of hydrogen-bond acceptors (Lipinski definition) is 4. The molecule has 5 nitrogen and oxygen atoms in total. The fraction of sp³-hybridized carbons (Fsp3) is 0.400. The second kappa shape index (κ2) is 7.16. The smallest absolute Gasteiger partial charge is 0.331 e. The quantitative estimate of drug-likeness (QED) is 0.905. The summed E-state index contributed by atoms with van der Waals surface area (Å²) in [5, 5.41) is 11.8. The van der Waals surface area contributed by atoms with E-state index in [4.69, 9.17) is 0 Å².